The van der Waals surface area contributed by atoms with Crippen LogP contribution in [0.5, 0.6) is 0 Å². The number of benzene rings is 1. The molecule has 0 radical (unpaired) electrons. The number of hydrogen-bond donors (Lipinski definition) is 2. The summed E-state index contributed by atoms with van der Waals surface area (Å²) in [6.07, 6.45) is 3.52. The van der Waals surface area contributed by atoms with Crippen LogP contribution in [0.25, 0.3) is 0 Å². The molecule has 5 nitrogen and oxygen atoms in total. The summed E-state index contributed by atoms with van der Waals surface area (Å²) in [5, 5.41) is 6.81. The maximum atomic E-state index is 4.28. The van der Waals surface area contributed by atoms with Crippen molar-refractivity contribution in [2.45, 2.75) is 39.2 Å². The zero-order chi connectivity index (χ0) is 17.9. The first-order chi connectivity index (χ1) is 12.2. The molecule has 26 heavy (non-hydrogen) atoms. The van der Waals surface area contributed by atoms with Crippen LogP contribution in [0.4, 0.5) is 5.69 Å². The summed E-state index contributed by atoms with van der Waals surface area (Å²) < 4.78 is 0. The van der Waals surface area contributed by atoms with Crippen molar-refractivity contribution < 1.29 is 0 Å². The predicted molar refractivity (Wildman–Crippen MR) is 124 cm³/mol. The van der Waals surface area contributed by atoms with Gasteiger partial charge < -0.3 is 15.5 Å². The molecule has 1 aliphatic rings. The molecule has 1 atom stereocenters. The number of anilines is 1. The van der Waals surface area contributed by atoms with Crippen LogP contribution in [0.3, 0.4) is 0 Å². The number of halogens is 1. The second kappa shape index (κ2) is 13.2. The number of guanidine groups is 1. The van der Waals surface area contributed by atoms with Gasteiger partial charge in [0.1, 0.15) is 0 Å². The molecule has 2 rings (SSSR count). The van der Waals surface area contributed by atoms with E-state index in [1.165, 1.54) is 38.2 Å². The van der Waals surface area contributed by atoms with E-state index >= 15 is 0 Å². The highest BCUT2D eigenvalue weighted by Crippen LogP contribution is 2.15. The van der Waals surface area contributed by atoms with Crippen LogP contribution in [0, 0.1) is 0 Å². The third-order valence-corrected chi connectivity index (χ3v) is 4.91. The van der Waals surface area contributed by atoms with Crippen molar-refractivity contribution in [3.8, 4) is 0 Å². The summed E-state index contributed by atoms with van der Waals surface area (Å²) in [4.78, 5) is 9.36. The van der Waals surface area contributed by atoms with E-state index in [1.807, 2.05) is 7.05 Å². The first-order valence-corrected chi connectivity index (χ1v) is 9.72. The van der Waals surface area contributed by atoms with Gasteiger partial charge in [0.05, 0.1) is 0 Å². The standard InChI is InChI=1S/C20H35N5.HI/c1-4-18(2)23-20(21-3)22-12-8-9-13-24-14-16-25(17-15-24)19-10-6-5-7-11-19;/h5-7,10-11,18H,4,8-9,12-17H2,1-3H3,(H2,21,22,23);1H. The molecule has 1 saturated heterocycles. The Morgan fingerprint density at radius 1 is 1.12 bits per heavy atom. The second-order valence-electron chi connectivity index (χ2n) is 6.82. The molecule has 0 saturated carbocycles. The highest BCUT2D eigenvalue weighted by atomic mass is 127. The molecule has 6 heteroatoms. The molecule has 1 unspecified atom stereocenters. The Morgan fingerprint density at radius 2 is 1.81 bits per heavy atom. The summed E-state index contributed by atoms with van der Waals surface area (Å²) >= 11 is 0. The molecule has 0 bridgehead atoms. The zero-order valence-electron chi connectivity index (χ0n) is 16.6. The Kier molecular flexibility index (Phi) is 11.7. The van der Waals surface area contributed by atoms with Gasteiger partial charge in [-0.15, -0.1) is 24.0 Å². The maximum absolute atomic E-state index is 4.28. The van der Waals surface area contributed by atoms with E-state index in [1.54, 1.807) is 0 Å². The van der Waals surface area contributed by atoms with Gasteiger partial charge in [-0.25, -0.2) is 0 Å². The van der Waals surface area contributed by atoms with Crippen molar-refractivity contribution in [3.63, 3.8) is 0 Å². The second-order valence-corrected chi connectivity index (χ2v) is 6.82. The molecule has 0 amide bonds. The van der Waals surface area contributed by atoms with Gasteiger partial charge in [0.2, 0.25) is 0 Å². The van der Waals surface area contributed by atoms with E-state index < -0.39 is 0 Å². The smallest absolute Gasteiger partial charge is 0.191 e. The normalized spacial score (nSPS) is 16.7. The van der Waals surface area contributed by atoms with Gasteiger partial charge in [0.15, 0.2) is 5.96 Å². The highest BCUT2D eigenvalue weighted by Gasteiger charge is 2.16. The Balaban J connectivity index is 0.00000338. The highest BCUT2D eigenvalue weighted by molar-refractivity contribution is 14.0. The van der Waals surface area contributed by atoms with Gasteiger partial charge in [0, 0.05) is 51.5 Å². The van der Waals surface area contributed by atoms with Gasteiger partial charge in [-0.05, 0) is 44.9 Å². The summed E-state index contributed by atoms with van der Waals surface area (Å²) in [5.74, 6) is 0.922. The number of nitrogens with zero attached hydrogens (tertiary/aromatic N) is 3. The quantitative estimate of drug-likeness (QED) is 0.264. The minimum absolute atomic E-state index is 0. The third-order valence-electron chi connectivity index (χ3n) is 4.91. The summed E-state index contributed by atoms with van der Waals surface area (Å²) in [6.45, 7) is 11.1. The van der Waals surface area contributed by atoms with E-state index in [2.05, 4.69) is 69.6 Å². The number of unbranched alkanes of at least 4 members (excludes halogenated alkanes) is 1. The van der Waals surface area contributed by atoms with Crippen molar-refractivity contribution in [2.75, 3.05) is 51.2 Å². The van der Waals surface area contributed by atoms with E-state index in [0.717, 1.165) is 32.0 Å². The lowest BCUT2D eigenvalue weighted by Gasteiger charge is -2.36. The molecular formula is C20H36IN5. The van der Waals surface area contributed by atoms with Crippen molar-refractivity contribution in [2.24, 2.45) is 4.99 Å². The number of hydrogen-bond acceptors (Lipinski definition) is 3. The van der Waals surface area contributed by atoms with Crippen LogP contribution in [0.15, 0.2) is 35.3 Å². The Bertz CT molecular complexity index is 500. The SMILES string of the molecule is CCC(C)NC(=NC)NCCCCN1CCN(c2ccccc2)CC1.I. The number of piperazine rings is 1. The fraction of sp³-hybridized carbons (Fsp3) is 0.650. The Hall–Kier alpha value is -1.02. The van der Waals surface area contributed by atoms with Crippen LogP contribution >= 0.6 is 24.0 Å². The first kappa shape index (κ1) is 23.0. The predicted octanol–water partition coefficient (Wildman–Crippen LogP) is 3.17. The first-order valence-electron chi connectivity index (χ1n) is 9.72. The topological polar surface area (TPSA) is 42.9 Å². The number of nitrogens with one attached hydrogen (secondary N) is 2. The van der Waals surface area contributed by atoms with Crippen LogP contribution < -0.4 is 15.5 Å². The van der Waals surface area contributed by atoms with Crippen molar-refractivity contribution in [1.29, 1.82) is 0 Å². The van der Waals surface area contributed by atoms with E-state index in [-0.39, 0.29) is 24.0 Å². The molecule has 2 N–H and O–H groups in total. The molecule has 0 aliphatic carbocycles. The lowest BCUT2D eigenvalue weighted by atomic mass is 10.2. The van der Waals surface area contributed by atoms with Crippen molar-refractivity contribution in [1.82, 2.24) is 15.5 Å². The lowest BCUT2D eigenvalue weighted by Crippen LogP contribution is -2.46. The summed E-state index contributed by atoms with van der Waals surface area (Å²) in [5.41, 5.74) is 1.35. The molecule has 1 fully saturated rings. The zero-order valence-corrected chi connectivity index (χ0v) is 18.9. The van der Waals surface area contributed by atoms with Gasteiger partial charge >= 0.3 is 0 Å². The van der Waals surface area contributed by atoms with Crippen molar-refractivity contribution in [3.05, 3.63) is 30.3 Å². The monoisotopic (exact) mass is 473 g/mol. The van der Waals surface area contributed by atoms with Crippen LogP contribution in [-0.2, 0) is 0 Å². The van der Waals surface area contributed by atoms with Crippen LogP contribution in [0.2, 0.25) is 0 Å². The summed E-state index contributed by atoms with van der Waals surface area (Å²) in [6, 6.07) is 11.2. The largest absolute Gasteiger partial charge is 0.369 e. The molecule has 1 heterocycles. The van der Waals surface area contributed by atoms with E-state index in [4.69, 9.17) is 0 Å². The average Bonchev–Trinajstić information content (AvgIpc) is 2.67. The van der Waals surface area contributed by atoms with E-state index in [9.17, 15) is 0 Å². The number of aliphatic imine (C=N–C) groups is 1. The summed E-state index contributed by atoms with van der Waals surface area (Å²) in [7, 11) is 1.84. The Morgan fingerprint density at radius 3 is 2.42 bits per heavy atom. The minimum Gasteiger partial charge on any atom is -0.369 e. The molecule has 0 spiro atoms. The van der Waals surface area contributed by atoms with Crippen LogP contribution in [-0.4, -0.2) is 63.2 Å². The fourth-order valence-electron chi connectivity index (χ4n) is 3.07. The average molecular weight is 473 g/mol. The number of rotatable bonds is 8. The van der Waals surface area contributed by atoms with Gasteiger partial charge in [-0.1, -0.05) is 25.1 Å². The lowest BCUT2D eigenvalue weighted by molar-refractivity contribution is 0.253. The maximum Gasteiger partial charge on any atom is 0.191 e. The Labute approximate surface area is 176 Å². The molecule has 148 valence electrons. The van der Waals surface area contributed by atoms with Crippen LogP contribution in [0.1, 0.15) is 33.1 Å². The molecule has 0 aromatic heterocycles. The van der Waals surface area contributed by atoms with Gasteiger partial charge in [-0.2, -0.15) is 0 Å². The van der Waals surface area contributed by atoms with E-state index in [0.29, 0.717) is 6.04 Å². The number of para-hydroxylation sites is 1. The molecular weight excluding hydrogens is 437 g/mol. The third kappa shape index (κ3) is 8.12. The van der Waals surface area contributed by atoms with Gasteiger partial charge in [0.25, 0.3) is 0 Å². The molecule has 1 aliphatic heterocycles. The van der Waals surface area contributed by atoms with Gasteiger partial charge in [-0.3, -0.25) is 9.89 Å². The minimum atomic E-state index is 0. The van der Waals surface area contributed by atoms with Crippen molar-refractivity contribution >= 4 is 35.6 Å². The fourth-order valence-corrected chi connectivity index (χ4v) is 3.07. The molecule has 1 aromatic carbocycles. The molecule has 1 aromatic rings.